The van der Waals surface area contributed by atoms with Gasteiger partial charge in [0.2, 0.25) is 0 Å². The Hall–Kier alpha value is 0.284. The van der Waals surface area contributed by atoms with Gasteiger partial charge in [0.1, 0.15) is 4.93 Å². The van der Waals surface area contributed by atoms with E-state index in [4.69, 9.17) is 0 Å². The summed E-state index contributed by atoms with van der Waals surface area (Å²) < 4.78 is 0.0342. The van der Waals surface area contributed by atoms with Gasteiger partial charge >= 0.3 is 0 Å². The Balaban J connectivity index is 0.00000144. The number of allylic oxidation sites excluding steroid dienone is 2. The SMILES string of the molecule is CCCCCCCCC12C=CC=CC1(O)S2.[Ni]. The summed E-state index contributed by atoms with van der Waals surface area (Å²) in [5.41, 5.74) is 0. The second-order valence-corrected chi connectivity index (χ2v) is 6.48. The Kier molecular flexibility index (Phi) is 5.82. The fourth-order valence-electron chi connectivity index (χ4n) is 2.46. The van der Waals surface area contributed by atoms with Gasteiger partial charge in [-0.15, -0.1) is 11.8 Å². The number of unbranched alkanes of at least 4 members (excludes halogenated alkanes) is 5. The molecule has 0 amide bonds. The quantitative estimate of drug-likeness (QED) is 0.435. The molecule has 1 saturated heterocycles. The third kappa shape index (κ3) is 3.39. The molecule has 1 heterocycles. The minimum absolute atomic E-state index is 0. The molecule has 100 valence electrons. The smallest absolute Gasteiger partial charge is 0.148 e. The zero-order valence-electron chi connectivity index (χ0n) is 10.4. The van der Waals surface area contributed by atoms with Crippen LogP contribution in [0.2, 0.25) is 0 Å². The van der Waals surface area contributed by atoms with Crippen LogP contribution >= 0.6 is 11.8 Å². The predicted octanol–water partition coefficient (Wildman–Crippen LogP) is 4.03. The second-order valence-electron chi connectivity index (χ2n) is 4.92. The minimum Gasteiger partial charge on any atom is -0.374 e. The van der Waals surface area contributed by atoms with Crippen LogP contribution in [0.25, 0.3) is 0 Å². The first-order valence-corrected chi connectivity index (χ1v) is 7.34. The van der Waals surface area contributed by atoms with Gasteiger partial charge in [-0.05, 0) is 12.5 Å². The average Bonchev–Trinajstić information content (AvgIpc) is 2.90. The third-order valence-electron chi connectivity index (χ3n) is 3.60. The van der Waals surface area contributed by atoms with Crippen LogP contribution in [0.4, 0.5) is 0 Å². The van der Waals surface area contributed by atoms with Crippen LogP contribution in [0.15, 0.2) is 24.3 Å². The van der Waals surface area contributed by atoms with Crippen LogP contribution in [0.3, 0.4) is 0 Å². The minimum atomic E-state index is -0.564. The third-order valence-corrected chi connectivity index (χ3v) is 5.23. The van der Waals surface area contributed by atoms with Crippen molar-refractivity contribution in [2.45, 2.75) is 61.5 Å². The summed E-state index contributed by atoms with van der Waals surface area (Å²) in [4.78, 5) is -0.564. The van der Waals surface area contributed by atoms with Crippen LogP contribution in [-0.2, 0) is 16.5 Å². The van der Waals surface area contributed by atoms with E-state index in [1.54, 1.807) is 11.8 Å². The van der Waals surface area contributed by atoms with Crippen molar-refractivity contribution in [1.82, 2.24) is 0 Å². The fourth-order valence-corrected chi connectivity index (χ4v) is 3.74. The van der Waals surface area contributed by atoms with E-state index >= 15 is 0 Å². The van der Waals surface area contributed by atoms with Crippen LogP contribution in [0.1, 0.15) is 51.9 Å². The molecule has 1 aliphatic heterocycles. The molecule has 2 atom stereocenters. The van der Waals surface area contributed by atoms with Gasteiger partial charge in [0.05, 0.1) is 4.75 Å². The molecule has 0 aromatic carbocycles. The molecule has 0 spiro atoms. The number of thioether (sulfide) groups is 1. The van der Waals surface area contributed by atoms with Gasteiger partial charge in [-0.3, -0.25) is 0 Å². The van der Waals surface area contributed by atoms with E-state index in [0.29, 0.717) is 0 Å². The normalized spacial score (nSPS) is 33.1. The monoisotopic (exact) mass is 296 g/mol. The van der Waals surface area contributed by atoms with Crippen molar-refractivity contribution in [2.24, 2.45) is 0 Å². The summed E-state index contributed by atoms with van der Waals surface area (Å²) in [5.74, 6) is 0. The molecule has 0 aromatic rings. The molecular weight excluding hydrogens is 275 g/mol. The molecule has 0 bridgehead atoms. The van der Waals surface area contributed by atoms with Crippen LogP contribution in [0, 0.1) is 0 Å². The Morgan fingerprint density at radius 1 is 1.00 bits per heavy atom. The van der Waals surface area contributed by atoms with E-state index < -0.39 is 4.93 Å². The van der Waals surface area contributed by atoms with Gasteiger partial charge in [-0.1, -0.05) is 63.7 Å². The molecule has 0 radical (unpaired) electrons. The van der Waals surface area contributed by atoms with Gasteiger partial charge < -0.3 is 5.11 Å². The maximum Gasteiger partial charge on any atom is 0.148 e. The predicted molar refractivity (Wildman–Crippen MR) is 71.5 cm³/mol. The van der Waals surface area contributed by atoms with E-state index in [-0.39, 0.29) is 21.2 Å². The summed E-state index contributed by atoms with van der Waals surface area (Å²) in [6.45, 7) is 2.25. The Labute approximate surface area is 119 Å². The van der Waals surface area contributed by atoms with Crippen LogP contribution in [0.5, 0.6) is 0 Å². The Morgan fingerprint density at radius 3 is 2.35 bits per heavy atom. The molecule has 1 N–H and O–H groups in total. The van der Waals surface area contributed by atoms with E-state index in [1.807, 2.05) is 12.2 Å². The molecule has 2 unspecified atom stereocenters. The number of fused-ring (bicyclic) bond motifs is 1. The van der Waals surface area contributed by atoms with Crippen LogP contribution < -0.4 is 0 Å². The molecule has 2 aliphatic rings. The molecule has 1 nitrogen and oxygen atoms in total. The summed E-state index contributed by atoms with van der Waals surface area (Å²) in [6, 6.07) is 0. The van der Waals surface area contributed by atoms with Gasteiger partial charge in [0.15, 0.2) is 0 Å². The molecule has 1 aliphatic carbocycles. The molecule has 3 heteroatoms. The van der Waals surface area contributed by atoms with Gasteiger partial charge in [-0.2, -0.15) is 0 Å². The number of aliphatic hydroxyl groups is 1. The summed E-state index contributed by atoms with van der Waals surface area (Å²) in [7, 11) is 0. The number of hydrogen-bond donors (Lipinski definition) is 1. The van der Waals surface area contributed by atoms with Crippen molar-refractivity contribution in [3.8, 4) is 0 Å². The summed E-state index contributed by atoms with van der Waals surface area (Å²) in [6.07, 6.45) is 17.3. The number of hydrogen-bond acceptors (Lipinski definition) is 2. The van der Waals surface area contributed by atoms with Crippen molar-refractivity contribution in [2.75, 3.05) is 0 Å². The first-order valence-electron chi connectivity index (χ1n) is 6.52. The van der Waals surface area contributed by atoms with Gasteiger partial charge in [0.25, 0.3) is 0 Å². The maximum atomic E-state index is 10.2. The van der Waals surface area contributed by atoms with Crippen molar-refractivity contribution in [1.29, 1.82) is 0 Å². The molecule has 0 aromatic heterocycles. The van der Waals surface area contributed by atoms with Gasteiger partial charge in [0, 0.05) is 16.5 Å². The fraction of sp³-hybridized carbons (Fsp3) is 0.714. The maximum absolute atomic E-state index is 10.2. The zero-order valence-corrected chi connectivity index (χ0v) is 12.2. The summed E-state index contributed by atoms with van der Waals surface area (Å²) in [5, 5.41) is 10.2. The standard InChI is InChI=1S/C14H22OS.Ni/c1-2-3-4-5-6-7-10-13-11-8-9-12-14(13,15)16-13;/h8-9,11-12,15H,2-7,10H2,1H3;. The van der Waals surface area contributed by atoms with E-state index in [1.165, 1.54) is 38.5 Å². The summed E-state index contributed by atoms with van der Waals surface area (Å²) >= 11 is 1.70. The van der Waals surface area contributed by atoms with Crippen molar-refractivity contribution < 1.29 is 21.6 Å². The first kappa shape index (κ1) is 15.3. The van der Waals surface area contributed by atoms with E-state index in [0.717, 1.165) is 6.42 Å². The molecule has 2 rings (SSSR count). The van der Waals surface area contributed by atoms with Crippen molar-refractivity contribution in [3.63, 3.8) is 0 Å². The second kappa shape index (κ2) is 6.45. The molecule has 1 fully saturated rings. The van der Waals surface area contributed by atoms with Crippen LogP contribution in [-0.4, -0.2) is 14.8 Å². The average molecular weight is 297 g/mol. The Morgan fingerprint density at radius 2 is 1.65 bits per heavy atom. The number of rotatable bonds is 7. The topological polar surface area (TPSA) is 20.2 Å². The van der Waals surface area contributed by atoms with E-state index in [2.05, 4.69) is 19.1 Å². The first-order chi connectivity index (χ1) is 7.72. The Bertz CT molecular complexity index is 303. The van der Waals surface area contributed by atoms with E-state index in [9.17, 15) is 5.11 Å². The molecular formula is C14H22NiOS. The van der Waals surface area contributed by atoms with Gasteiger partial charge in [-0.25, -0.2) is 0 Å². The van der Waals surface area contributed by atoms with Crippen molar-refractivity contribution >= 4 is 11.8 Å². The molecule has 17 heavy (non-hydrogen) atoms. The molecule has 0 saturated carbocycles. The largest absolute Gasteiger partial charge is 0.374 e. The zero-order chi connectivity index (χ0) is 11.5. The van der Waals surface area contributed by atoms with Crippen molar-refractivity contribution in [3.05, 3.63) is 24.3 Å².